The standard InChI is InChI=1S/C17H27NO/c1-13-9-10-18(12-16(13)19)11-14-5-7-15(8-6-14)17(2,3)4/h5-8,13,16,19H,9-12H2,1-4H3. The highest BCUT2D eigenvalue weighted by Crippen LogP contribution is 2.23. The maximum absolute atomic E-state index is 9.94. The van der Waals surface area contributed by atoms with Gasteiger partial charge in [-0.05, 0) is 35.4 Å². The van der Waals surface area contributed by atoms with E-state index in [1.807, 2.05) is 0 Å². The minimum atomic E-state index is -0.164. The van der Waals surface area contributed by atoms with Crippen LogP contribution in [-0.4, -0.2) is 29.2 Å². The van der Waals surface area contributed by atoms with Crippen LogP contribution in [-0.2, 0) is 12.0 Å². The molecular weight excluding hydrogens is 234 g/mol. The number of hydrogen-bond donors (Lipinski definition) is 1. The van der Waals surface area contributed by atoms with E-state index in [1.54, 1.807) is 0 Å². The van der Waals surface area contributed by atoms with Gasteiger partial charge in [0, 0.05) is 13.1 Å². The molecule has 2 atom stereocenters. The van der Waals surface area contributed by atoms with Crippen molar-refractivity contribution in [1.29, 1.82) is 0 Å². The summed E-state index contributed by atoms with van der Waals surface area (Å²) in [6.07, 6.45) is 0.934. The summed E-state index contributed by atoms with van der Waals surface area (Å²) in [7, 11) is 0. The van der Waals surface area contributed by atoms with Gasteiger partial charge in [0.15, 0.2) is 0 Å². The average Bonchev–Trinajstić information content (AvgIpc) is 2.33. The Morgan fingerprint density at radius 1 is 1.21 bits per heavy atom. The second-order valence-electron chi connectivity index (χ2n) is 7.02. The van der Waals surface area contributed by atoms with E-state index in [-0.39, 0.29) is 11.5 Å². The molecule has 2 nitrogen and oxygen atoms in total. The second-order valence-corrected chi connectivity index (χ2v) is 7.02. The van der Waals surface area contributed by atoms with Crippen LogP contribution in [0.15, 0.2) is 24.3 Å². The van der Waals surface area contributed by atoms with Crippen LogP contribution >= 0.6 is 0 Å². The molecule has 1 aliphatic rings. The number of aliphatic hydroxyl groups is 1. The van der Waals surface area contributed by atoms with E-state index in [1.165, 1.54) is 11.1 Å². The molecule has 1 N–H and O–H groups in total. The molecule has 0 radical (unpaired) electrons. The third-order valence-electron chi connectivity index (χ3n) is 4.23. The number of likely N-dealkylation sites (tertiary alicyclic amines) is 1. The largest absolute Gasteiger partial charge is 0.392 e. The van der Waals surface area contributed by atoms with Crippen molar-refractivity contribution in [3.8, 4) is 0 Å². The van der Waals surface area contributed by atoms with Gasteiger partial charge >= 0.3 is 0 Å². The van der Waals surface area contributed by atoms with Crippen LogP contribution in [0.4, 0.5) is 0 Å². The maximum Gasteiger partial charge on any atom is 0.0693 e. The topological polar surface area (TPSA) is 23.5 Å². The molecule has 0 bridgehead atoms. The summed E-state index contributed by atoms with van der Waals surface area (Å²) in [6.45, 7) is 11.7. The smallest absolute Gasteiger partial charge is 0.0693 e. The first-order valence-corrected chi connectivity index (χ1v) is 7.36. The molecule has 2 unspecified atom stereocenters. The van der Waals surface area contributed by atoms with Crippen LogP contribution in [0.3, 0.4) is 0 Å². The summed E-state index contributed by atoms with van der Waals surface area (Å²) >= 11 is 0. The third-order valence-corrected chi connectivity index (χ3v) is 4.23. The fourth-order valence-corrected chi connectivity index (χ4v) is 2.63. The fraction of sp³-hybridized carbons (Fsp3) is 0.647. The van der Waals surface area contributed by atoms with Crippen molar-refractivity contribution in [2.24, 2.45) is 5.92 Å². The van der Waals surface area contributed by atoms with Crippen molar-refractivity contribution in [3.63, 3.8) is 0 Å². The van der Waals surface area contributed by atoms with Crippen LogP contribution in [0.25, 0.3) is 0 Å². The molecule has 19 heavy (non-hydrogen) atoms. The molecule has 0 aliphatic carbocycles. The number of nitrogens with zero attached hydrogens (tertiary/aromatic N) is 1. The molecule has 1 saturated heterocycles. The first-order valence-electron chi connectivity index (χ1n) is 7.36. The number of hydrogen-bond acceptors (Lipinski definition) is 2. The van der Waals surface area contributed by atoms with Crippen LogP contribution in [0, 0.1) is 5.92 Å². The van der Waals surface area contributed by atoms with Gasteiger partial charge in [0.25, 0.3) is 0 Å². The molecule has 2 heteroatoms. The SMILES string of the molecule is CC1CCN(Cc2ccc(C(C)(C)C)cc2)CC1O. The first-order chi connectivity index (χ1) is 8.86. The molecule has 1 aromatic carbocycles. The maximum atomic E-state index is 9.94. The Balaban J connectivity index is 1.97. The molecule has 1 aliphatic heterocycles. The van der Waals surface area contributed by atoms with Crippen molar-refractivity contribution < 1.29 is 5.11 Å². The van der Waals surface area contributed by atoms with Crippen LogP contribution in [0.5, 0.6) is 0 Å². The van der Waals surface area contributed by atoms with E-state index in [9.17, 15) is 5.11 Å². The van der Waals surface area contributed by atoms with Crippen molar-refractivity contribution in [2.45, 2.75) is 52.2 Å². The lowest BCUT2D eigenvalue weighted by atomic mass is 9.86. The Labute approximate surface area is 117 Å². The van der Waals surface area contributed by atoms with Gasteiger partial charge in [0.1, 0.15) is 0 Å². The molecule has 1 fully saturated rings. The van der Waals surface area contributed by atoms with Crippen LogP contribution in [0.2, 0.25) is 0 Å². The Morgan fingerprint density at radius 3 is 2.37 bits per heavy atom. The quantitative estimate of drug-likeness (QED) is 0.884. The lowest BCUT2D eigenvalue weighted by Gasteiger charge is -2.34. The van der Waals surface area contributed by atoms with E-state index < -0.39 is 0 Å². The molecule has 1 aromatic rings. The molecule has 0 amide bonds. The minimum absolute atomic E-state index is 0.164. The van der Waals surface area contributed by atoms with E-state index >= 15 is 0 Å². The number of rotatable bonds is 2. The predicted octanol–water partition coefficient (Wildman–Crippen LogP) is 3.19. The first kappa shape index (κ1) is 14.5. The zero-order valence-electron chi connectivity index (χ0n) is 12.7. The normalized spacial score (nSPS) is 25.5. The number of benzene rings is 1. The van der Waals surface area contributed by atoms with Gasteiger partial charge in [0.2, 0.25) is 0 Å². The van der Waals surface area contributed by atoms with Gasteiger partial charge in [-0.1, -0.05) is 52.0 Å². The molecule has 106 valence electrons. The Morgan fingerprint density at radius 2 is 1.84 bits per heavy atom. The fourth-order valence-electron chi connectivity index (χ4n) is 2.63. The summed E-state index contributed by atoms with van der Waals surface area (Å²) in [6, 6.07) is 8.92. The highest BCUT2D eigenvalue weighted by Gasteiger charge is 2.24. The third kappa shape index (κ3) is 3.80. The zero-order chi connectivity index (χ0) is 14.0. The van der Waals surface area contributed by atoms with E-state index in [4.69, 9.17) is 0 Å². The predicted molar refractivity (Wildman–Crippen MR) is 80.2 cm³/mol. The number of β-amino-alcohol motifs (C(OH)–C–C–N with tert-alkyl or cyclic N) is 1. The molecule has 2 rings (SSSR count). The molecule has 1 heterocycles. The lowest BCUT2D eigenvalue weighted by Crippen LogP contribution is -2.42. The Kier molecular flexibility index (Phi) is 4.32. The summed E-state index contributed by atoms with van der Waals surface area (Å²) in [5, 5.41) is 9.94. The van der Waals surface area contributed by atoms with Crippen molar-refractivity contribution in [1.82, 2.24) is 4.90 Å². The van der Waals surface area contributed by atoms with E-state index in [0.29, 0.717) is 5.92 Å². The van der Waals surface area contributed by atoms with E-state index in [2.05, 4.69) is 56.9 Å². The van der Waals surface area contributed by atoms with Crippen LogP contribution < -0.4 is 0 Å². The minimum Gasteiger partial charge on any atom is -0.392 e. The Bertz CT molecular complexity index is 404. The van der Waals surface area contributed by atoms with Gasteiger partial charge in [-0.2, -0.15) is 0 Å². The highest BCUT2D eigenvalue weighted by molar-refractivity contribution is 5.27. The molecular formula is C17H27NO. The monoisotopic (exact) mass is 261 g/mol. The van der Waals surface area contributed by atoms with Gasteiger partial charge < -0.3 is 5.11 Å². The number of aliphatic hydroxyl groups excluding tert-OH is 1. The van der Waals surface area contributed by atoms with Gasteiger partial charge in [0.05, 0.1) is 6.10 Å². The van der Waals surface area contributed by atoms with Gasteiger partial charge in [-0.3, -0.25) is 4.90 Å². The average molecular weight is 261 g/mol. The van der Waals surface area contributed by atoms with E-state index in [0.717, 1.165) is 26.1 Å². The van der Waals surface area contributed by atoms with Crippen LogP contribution in [0.1, 0.15) is 45.2 Å². The van der Waals surface area contributed by atoms with Crippen molar-refractivity contribution >= 4 is 0 Å². The van der Waals surface area contributed by atoms with Crippen molar-refractivity contribution in [2.75, 3.05) is 13.1 Å². The molecule has 0 aromatic heterocycles. The Hall–Kier alpha value is -0.860. The number of piperidine rings is 1. The lowest BCUT2D eigenvalue weighted by molar-refractivity contribution is 0.0259. The molecule has 0 spiro atoms. The summed E-state index contributed by atoms with van der Waals surface area (Å²) < 4.78 is 0. The second kappa shape index (κ2) is 5.64. The van der Waals surface area contributed by atoms with Gasteiger partial charge in [-0.15, -0.1) is 0 Å². The summed E-state index contributed by atoms with van der Waals surface area (Å²) in [5.41, 5.74) is 2.94. The van der Waals surface area contributed by atoms with Gasteiger partial charge in [-0.25, -0.2) is 0 Å². The highest BCUT2D eigenvalue weighted by atomic mass is 16.3. The van der Waals surface area contributed by atoms with Crippen molar-refractivity contribution in [3.05, 3.63) is 35.4 Å². The summed E-state index contributed by atoms with van der Waals surface area (Å²) in [4.78, 5) is 2.36. The zero-order valence-corrected chi connectivity index (χ0v) is 12.7. The molecule has 0 saturated carbocycles. The summed E-state index contributed by atoms with van der Waals surface area (Å²) in [5.74, 6) is 0.444.